The average molecular weight is 744 g/mol. The molecule has 4 aromatic rings. The van der Waals surface area contributed by atoms with E-state index >= 15 is 0 Å². The van der Waals surface area contributed by atoms with E-state index in [1.165, 1.54) is 16.2 Å². The van der Waals surface area contributed by atoms with E-state index in [1.54, 1.807) is 37.4 Å². The largest absolute Gasteiger partial charge is 0.506 e. The molecule has 0 unspecified atom stereocenters. The van der Waals surface area contributed by atoms with Gasteiger partial charge in [-0.05, 0) is 87.0 Å². The Morgan fingerprint density at radius 3 is 1.58 bits per heavy atom. The molecular weight excluding hydrogens is 718 g/mol. The number of aryl methyl sites for hydroxylation is 2. The second-order valence-electron chi connectivity index (χ2n) is 9.96. The SMILES string of the molecule is Cn1c(=O)c(C(=O)CC(C)(C)C)c(O)c2cc(I)ccc21.Cn1c(=O)c(C(=O)O)c(O)c2cc(I)ccc21. The number of rotatable bonds is 3. The van der Waals surface area contributed by atoms with Crippen LogP contribution >= 0.6 is 45.2 Å². The van der Waals surface area contributed by atoms with Crippen LogP contribution in [0.4, 0.5) is 0 Å². The molecule has 2 heterocycles. The van der Waals surface area contributed by atoms with Crippen LogP contribution in [0.1, 0.15) is 47.9 Å². The predicted octanol–water partition coefficient (Wildman–Crippen LogP) is 5.01. The molecule has 3 N–H and O–H groups in total. The monoisotopic (exact) mass is 744 g/mol. The van der Waals surface area contributed by atoms with Crippen molar-refractivity contribution in [3.8, 4) is 11.5 Å². The molecule has 0 saturated heterocycles. The minimum absolute atomic E-state index is 0.109. The number of carbonyl (C=O) groups is 2. The van der Waals surface area contributed by atoms with E-state index in [0.717, 1.165) is 7.14 Å². The first kappa shape index (κ1) is 29.6. The van der Waals surface area contributed by atoms with Crippen LogP contribution in [0.2, 0.25) is 0 Å². The molecule has 4 rings (SSSR count). The molecule has 2 aromatic heterocycles. The number of carboxylic acid groups (broad SMARTS) is 1. The van der Waals surface area contributed by atoms with Crippen molar-refractivity contribution < 1.29 is 24.9 Å². The summed E-state index contributed by atoms with van der Waals surface area (Å²) in [4.78, 5) is 47.5. The molecule has 0 saturated carbocycles. The number of benzene rings is 2. The van der Waals surface area contributed by atoms with Gasteiger partial charge < -0.3 is 24.5 Å². The Morgan fingerprint density at radius 2 is 1.18 bits per heavy atom. The van der Waals surface area contributed by atoms with Crippen molar-refractivity contribution in [1.82, 2.24) is 9.13 Å². The number of hydrogen-bond donors (Lipinski definition) is 3. The third-order valence-electron chi connectivity index (χ3n) is 5.84. The van der Waals surface area contributed by atoms with Gasteiger partial charge in [0.05, 0.1) is 11.0 Å². The normalized spacial score (nSPS) is 11.3. The van der Waals surface area contributed by atoms with Gasteiger partial charge in [0, 0.05) is 38.4 Å². The molecule has 38 heavy (non-hydrogen) atoms. The van der Waals surface area contributed by atoms with E-state index in [1.807, 2.05) is 49.4 Å². The highest BCUT2D eigenvalue weighted by atomic mass is 127. The lowest BCUT2D eigenvalue weighted by atomic mass is 9.87. The van der Waals surface area contributed by atoms with Gasteiger partial charge in [-0.1, -0.05) is 20.8 Å². The number of hydrogen-bond acceptors (Lipinski definition) is 6. The summed E-state index contributed by atoms with van der Waals surface area (Å²) in [5.74, 6) is -2.43. The molecule has 9 nitrogen and oxygen atoms in total. The highest BCUT2D eigenvalue weighted by molar-refractivity contribution is 14.1. The van der Waals surface area contributed by atoms with E-state index < -0.39 is 28.4 Å². The summed E-state index contributed by atoms with van der Waals surface area (Å²) in [6.07, 6.45) is 0.214. The predicted molar refractivity (Wildman–Crippen MR) is 163 cm³/mol. The first-order chi connectivity index (χ1) is 17.5. The lowest BCUT2D eigenvalue weighted by Gasteiger charge is -2.18. The van der Waals surface area contributed by atoms with E-state index in [9.17, 15) is 29.4 Å². The van der Waals surface area contributed by atoms with Crippen LogP contribution in [0.25, 0.3) is 21.8 Å². The molecule has 0 amide bonds. The Morgan fingerprint density at radius 1 is 0.789 bits per heavy atom. The first-order valence-electron chi connectivity index (χ1n) is 11.3. The number of carbonyl (C=O) groups excluding carboxylic acids is 1. The Balaban J connectivity index is 0.000000215. The van der Waals surface area contributed by atoms with E-state index in [-0.39, 0.29) is 28.9 Å². The minimum atomic E-state index is -1.43. The van der Waals surface area contributed by atoms with E-state index in [2.05, 4.69) is 22.6 Å². The number of carboxylic acids is 1. The summed E-state index contributed by atoms with van der Waals surface area (Å²) in [7, 11) is 3.09. The van der Waals surface area contributed by atoms with E-state index in [0.29, 0.717) is 21.8 Å². The van der Waals surface area contributed by atoms with Crippen molar-refractivity contribution in [3.63, 3.8) is 0 Å². The van der Waals surface area contributed by atoms with Gasteiger partial charge in [0.2, 0.25) is 0 Å². The van der Waals surface area contributed by atoms with Gasteiger partial charge in [-0.3, -0.25) is 14.4 Å². The smallest absolute Gasteiger partial charge is 0.345 e. The molecule has 0 aliphatic heterocycles. The van der Waals surface area contributed by atoms with Gasteiger partial charge in [0.15, 0.2) is 11.3 Å². The molecule has 0 fully saturated rings. The van der Waals surface area contributed by atoms with Crippen LogP contribution in [0.15, 0.2) is 46.0 Å². The summed E-state index contributed by atoms with van der Waals surface area (Å²) in [6, 6.07) is 10.5. The topological polar surface area (TPSA) is 139 Å². The Bertz CT molecular complexity index is 1730. The second kappa shape index (κ2) is 11.0. The quantitative estimate of drug-likeness (QED) is 0.198. The van der Waals surface area contributed by atoms with Gasteiger partial charge >= 0.3 is 5.97 Å². The standard InChI is InChI=1S/C16H18INO3.C11H8INO4/c1-16(2,3)8-12(19)13-14(20)10-7-9(17)5-6-11(10)18(4)15(13)21;1-13-7-3-2-5(12)4-6(7)9(14)8(10(13)15)11(16)17/h5-7,20H,8H2,1-4H3;2-4,14H,1H3,(H,16,17). The third kappa shape index (κ3) is 5.87. The fourth-order valence-electron chi connectivity index (χ4n) is 4.02. The van der Waals surface area contributed by atoms with Gasteiger partial charge in [0.25, 0.3) is 11.1 Å². The van der Waals surface area contributed by atoms with Crippen LogP contribution in [-0.4, -0.2) is 36.2 Å². The van der Waals surface area contributed by atoms with Crippen LogP contribution in [0.5, 0.6) is 11.5 Å². The molecule has 2 aromatic carbocycles. The molecule has 11 heteroatoms. The van der Waals surface area contributed by atoms with Crippen LogP contribution in [0.3, 0.4) is 0 Å². The number of aromatic carboxylic acids is 1. The first-order valence-corrected chi connectivity index (χ1v) is 13.5. The van der Waals surface area contributed by atoms with Crippen LogP contribution < -0.4 is 11.1 Å². The molecule has 0 aliphatic carbocycles. The molecular formula is C27H26I2N2O7. The number of Topliss-reactive ketones (excluding diaryl/α,β-unsaturated/α-hetero) is 1. The molecule has 0 radical (unpaired) electrons. The lowest BCUT2D eigenvalue weighted by molar-refractivity contribution is 0.0691. The number of ketones is 1. The molecule has 0 aliphatic rings. The maximum atomic E-state index is 12.4. The molecule has 0 atom stereocenters. The third-order valence-corrected chi connectivity index (χ3v) is 7.19. The van der Waals surface area contributed by atoms with Crippen molar-refractivity contribution in [2.24, 2.45) is 19.5 Å². The number of aromatic hydroxyl groups is 2. The summed E-state index contributed by atoms with van der Waals surface area (Å²) in [5, 5.41) is 30.1. The van der Waals surface area contributed by atoms with Crippen molar-refractivity contribution >= 4 is 78.7 Å². The number of pyridine rings is 2. The highest BCUT2D eigenvalue weighted by Crippen LogP contribution is 2.31. The summed E-state index contributed by atoms with van der Waals surface area (Å²) in [5.41, 5.74) is -1.000. The Labute approximate surface area is 245 Å². The van der Waals surface area contributed by atoms with Gasteiger partial charge in [0.1, 0.15) is 17.1 Å². The van der Waals surface area contributed by atoms with Crippen molar-refractivity contribution in [2.45, 2.75) is 27.2 Å². The van der Waals surface area contributed by atoms with Crippen molar-refractivity contribution in [3.05, 3.63) is 75.4 Å². The number of halogens is 2. The zero-order valence-electron chi connectivity index (χ0n) is 21.3. The maximum Gasteiger partial charge on any atom is 0.345 e. The zero-order chi connectivity index (χ0) is 28.7. The van der Waals surface area contributed by atoms with Crippen molar-refractivity contribution in [1.29, 1.82) is 0 Å². The Hall–Kier alpha value is -2.94. The fraction of sp³-hybridized carbons (Fsp3) is 0.259. The van der Waals surface area contributed by atoms with Crippen molar-refractivity contribution in [2.75, 3.05) is 0 Å². The summed E-state index contributed by atoms with van der Waals surface area (Å²) < 4.78 is 4.42. The molecule has 200 valence electrons. The summed E-state index contributed by atoms with van der Waals surface area (Å²) >= 11 is 4.18. The van der Waals surface area contributed by atoms with Crippen LogP contribution in [-0.2, 0) is 14.1 Å². The van der Waals surface area contributed by atoms with Gasteiger partial charge in [-0.15, -0.1) is 0 Å². The lowest BCUT2D eigenvalue weighted by Crippen LogP contribution is -2.27. The van der Waals surface area contributed by atoms with Gasteiger partial charge in [-0.2, -0.15) is 0 Å². The zero-order valence-corrected chi connectivity index (χ0v) is 25.6. The Kier molecular flexibility index (Phi) is 8.61. The fourth-order valence-corrected chi connectivity index (χ4v) is 5.00. The molecule has 0 spiro atoms. The second-order valence-corrected chi connectivity index (χ2v) is 12.5. The van der Waals surface area contributed by atoms with E-state index in [4.69, 9.17) is 5.11 Å². The average Bonchev–Trinajstić information content (AvgIpc) is 2.80. The number of nitrogens with zero attached hydrogens (tertiary/aromatic N) is 2. The van der Waals surface area contributed by atoms with Gasteiger partial charge in [-0.25, -0.2) is 4.79 Å². The maximum absolute atomic E-state index is 12.4. The number of fused-ring (bicyclic) bond motifs is 2. The number of aromatic nitrogens is 2. The summed E-state index contributed by atoms with van der Waals surface area (Å²) in [6.45, 7) is 5.78. The highest BCUT2D eigenvalue weighted by Gasteiger charge is 2.25. The minimum Gasteiger partial charge on any atom is -0.506 e. The molecule has 0 bridgehead atoms. The van der Waals surface area contributed by atoms with Crippen LogP contribution in [0, 0.1) is 12.6 Å².